The maximum atomic E-state index is 10.5. The van der Waals surface area contributed by atoms with Crippen molar-refractivity contribution in [3.8, 4) is 16.9 Å². The number of aromatic hydroxyl groups is 1. The molecule has 0 bridgehead atoms. The third kappa shape index (κ3) is 2.58. The van der Waals surface area contributed by atoms with Crippen LogP contribution in [0.2, 0.25) is 0 Å². The van der Waals surface area contributed by atoms with Gasteiger partial charge in [0.05, 0.1) is 11.4 Å². The predicted molar refractivity (Wildman–Crippen MR) is 81.4 cm³/mol. The number of benzene rings is 1. The first-order valence-electron chi connectivity index (χ1n) is 6.92. The summed E-state index contributed by atoms with van der Waals surface area (Å²) in [4.78, 5) is 4.15. The predicted octanol–water partition coefficient (Wildman–Crippen LogP) is 3.14. The number of pyridine rings is 1. The number of aliphatic hydroxyl groups excluding tert-OH is 1. The number of nitrogens with zero attached hydrogens (tertiary/aromatic N) is 2. The van der Waals surface area contributed by atoms with E-state index in [9.17, 15) is 10.2 Å². The molecule has 0 saturated heterocycles. The van der Waals surface area contributed by atoms with Gasteiger partial charge in [-0.3, -0.25) is 4.98 Å². The number of aromatic nitrogens is 2. The van der Waals surface area contributed by atoms with Crippen LogP contribution in [0, 0.1) is 13.8 Å². The Morgan fingerprint density at radius 3 is 2.59 bits per heavy atom. The van der Waals surface area contributed by atoms with E-state index in [2.05, 4.69) is 10.1 Å². The van der Waals surface area contributed by atoms with E-state index in [0.29, 0.717) is 17.0 Å². The van der Waals surface area contributed by atoms with E-state index in [0.717, 1.165) is 16.8 Å². The lowest BCUT2D eigenvalue weighted by Gasteiger charge is -2.12. The molecule has 3 aromatic rings. The minimum atomic E-state index is -0.910. The summed E-state index contributed by atoms with van der Waals surface area (Å²) in [5.41, 5.74) is 3.40. The molecular formula is C17H16N2O3. The van der Waals surface area contributed by atoms with Crippen molar-refractivity contribution in [3.05, 3.63) is 65.3 Å². The summed E-state index contributed by atoms with van der Waals surface area (Å²) in [5.74, 6) is 0.740. The van der Waals surface area contributed by atoms with Crippen LogP contribution < -0.4 is 0 Å². The molecule has 2 aromatic heterocycles. The number of hydrogen-bond acceptors (Lipinski definition) is 5. The summed E-state index contributed by atoms with van der Waals surface area (Å²) in [7, 11) is 0. The Hall–Kier alpha value is -2.66. The molecule has 0 aliphatic heterocycles. The molecule has 0 aliphatic carbocycles. The average Bonchev–Trinajstić information content (AvgIpc) is 2.86. The first-order chi connectivity index (χ1) is 10.6. The smallest absolute Gasteiger partial charge is 0.141 e. The third-order valence-corrected chi connectivity index (χ3v) is 3.55. The molecule has 5 heteroatoms. The zero-order valence-corrected chi connectivity index (χ0v) is 12.3. The first-order valence-corrected chi connectivity index (χ1v) is 6.92. The van der Waals surface area contributed by atoms with Gasteiger partial charge in [-0.1, -0.05) is 11.2 Å². The second-order valence-electron chi connectivity index (χ2n) is 5.17. The fourth-order valence-electron chi connectivity index (χ4n) is 2.54. The summed E-state index contributed by atoms with van der Waals surface area (Å²) >= 11 is 0. The fraction of sp³-hybridized carbons (Fsp3) is 0.176. The summed E-state index contributed by atoms with van der Waals surface area (Å²) in [5, 5.41) is 24.4. The lowest BCUT2D eigenvalue weighted by atomic mass is 9.97. The topological polar surface area (TPSA) is 79.4 Å². The standard InChI is InChI=1S/C17H16N2O3/c1-10-16(11(2)22-19-10)12-7-13(9-14(20)8-12)17(21)15-5-3-4-6-18-15/h3-9,17,20-21H,1-2H3. The van der Waals surface area contributed by atoms with E-state index in [1.807, 2.05) is 26.0 Å². The lowest BCUT2D eigenvalue weighted by Crippen LogP contribution is -2.02. The van der Waals surface area contributed by atoms with Gasteiger partial charge in [-0.2, -0.15) is 0 Å². The first kappa shape index (κ1) is 14.3. The molecule has 2 heterocycles. The van der Waals surface area contributed by atoms with Crippen molar-refractivity contribution in [3.63, 3.8) is 0 Å². The van der Waals surface area contributed by atoms with Crippen LogP contribution in [0.25, 0.3) is 11.1 Å². The lowest BCUT2D eigenvalue weighted by molar-refractivity contribution is 0.215. The third-order valence-electron chi connectivity index (χ3n) is 3.55. The van der Waals surface area contributed by atoms with E-state index in [4.69, 9.17) is 4.52 Å². The van der Waals surface area contributed by atoms with Crippen LogP contribution in [0.15, 0.2) is 47.1 Å². The zero-order chi connectivity index (χ0) is 15.7. The number of aryl methyl sites for hydroxylation is 2. The van der Waals surface area contributed by atoms with E-state index < -0.39 is 6.10 Å². The summed E-state index contributed by atoms with van der Waals surface area (Å²) in [6.07, 6.45) is 0.712. The van der Waals surface area contributed by atoms with Crippen LogP contribution in [0.1, 0.15) is 28.8 Å². The molecule has 0 amide bonds. The van der Waals surface area contributed by atoms with Gasteiger partial charge in [0, 0.05) is 11.8 Å². The van der Waals surface area contributed by atoms with Gasteiger partial charge >= 0.3 is 0 Å². The molecule has 1 atom stereocenters. The summed E-state index contributed by atoms with van der Waals surface area (Å²) < 4.78 is 5.17. The summed E-state index contributed by atoms with van der Waals surface area (Å²) in [6.45, 7) is 3.65. The minimum Gasteiger partial charge on any atom is -0.508 e. The van der Waals surface area contributed by atoms with Gasteiger partial charge in [0.25, 0.3) is 0 Å². The van der Waals surface area contributed by atoms with Crippen molar-refractivity contribution in [2.45, 2.75) is 20.0 Å². The Labute approximate surface area is 127 Å². The highest BCUT2D eigenvalue weighted by Crippen LogP contribution is 2.33. The molecule has 0 fully saturated rings. The van der Waals surface area contributed by atoms with Crippen molar-refractivity contribution in [1.82, 2.24) is 10.1 Å². The molecule has 5 nitrogen and oxygen atoms in total. The number of phenols is 1. The van der Waals surface area contributed by atoms with Crippen molar-refractivity contribution >= 4 is 0 Å². The van der Waals surface area contributed by atoms with Crippen LogP contribution in [0.5, 0.6) is 5.75 Å². The van der Waals surface area contributed by atoms with Gasteiger partial charge in [-0.25, -0.2) is 0 Å². The molecule has 0 spiro atoms. The van der Waals surface area contributed by atoms with E-state index >= 15 is 0 Å². The average molecular weight is 296 g/mol. The molecule has 112 valence electrons. The second-order valence-corrected chi connectivity index (χ2v) is 5.17. The molecule has 0 radical (unpaired) electrons. The highest BCUT2D eigenvalue weighted by atomic mass is 16.5. The highest BCUT2D eigenvalue weighted by Gasteiger charge is 2.17. The Kier molecular flexibility index (Phi) is 3.65. The van der Waals surface area contributed by atoms with Crippen molar-refractivity contribution in [2.24, 2.45) is 0 Å². The van der Waals surface area contributed by atoms with Gasteiger partial charge in [-0.15, -0.1) is 0 Å². The fourth-order valence-corrected chi connectivity index (χ4v) is 2.54. The normalized spacial score (nSPS) is 12.3. The van der Waals surface area contributed by atoms with Crippen molar-refractivity contribution in [2.75, 3.05) is 0 Å². The van der Waals surface area contributed by atoms with Crippen LogP contribution in [0.3, 0.4) is 0 Å². The SMILES string of the molecule is Cc1noc(C)c1-c1cc(O)cc(C(O)c2ccccn2)c1. The molecular weight excluding hydrogens is 280 g/mol. The van der Waals surface area contributed by atoms with E-state index in [1.165, 1.54) is 6.07 Å². The minimum absolute atomic E-state index is 0.0717. The molecule has 22 heavy (non-hydrogen) atoms. The van der Waals surface area contributed by atoms with Gasteiger partial charge in [0.1, 0.15) is 17.6 Å². The molecule has 0 saturated carbocycles. The Balaban J connectivity index is 2.08. The van der Waals surface area contributed by atoms with Crippen LogP contribution in [0.4, 0.5) is 0 Å². The molecule has 1 aromatic carbocycles. The molecule has 1 unspecified atom stereocenters. The number of phenolic OH excluding ortho intramolecular Hbond substituents is 1. The van der Waals surface area contributed by atoms with Crippen molar-refractivity contribution in [1.29, 1.82) is 0 Å². The van der Waals surface area contributed by atoms with Gasteiger partial charge < -0.3 is 14.7 Å². The maximum Gasteiger partial charge on any atom is 0.141 e. The Morgan fingerprint density at radius 1 is 1.14 bits per heavy atom. The van der Waals surface area contributed by atoms with E-state index in [-0.39, 0.29) is 5.75 Å². The zero-order valence-electron chi connectivity index (χ0n) is 12.3. The number of rotatable bonds is 3. The summed E-state index contributed by atoms with van der Waals surface area (Å²) in [6, 6.07) is 10.3. The van der Waals surface area contributed by atoms with Crippen LogP contribution in [-0.4, -0.2) is 20.4 Å². The number of aliphatic hydroxyl groups is 1. The molecule has 0 aliphatic rings. The highest BCUT2D eigenvalue weighted by molar-refractivity contribution is 5.70. The monoisotopic (exact) mass is 296 g/mol. The second kappa shape index (κ2) is 5.61. The molecule has 3 rings (SSSR count). The van der Waals surface area contributed by atoms with Gasteiger partial charge in [0.15, 0.2) is 0 Å². The van der Waals surface area contributed by atoms with Crippen LogP contribution in [-0.2, 0) is 0 Å². The number of hydrogen-bond donors (Lipinski definition) is 2. The maximum absolute atomic E-state index is 10.5. The quantitative estimate of drug-likeness (QED) is 0.776. The van der Waals surface area contributed by atoms with Gasteiger partial charge in [-0.05, 0) is 55.3 Å². The molecule has 2 N–H and O–H groups in total. The van der Waals surface area contributed by atoms with Crippen LogP contribution >= 0.6 is 0 Å². The largest absolute Gasteiger partial charge is 0.508 e. The van der Waals surface area contributed by atoms with E-state index in [1.54, 1.807) is 24.4 Å². The Bertz CT molecular complexity index is 777. The van der Waals surface area contributed by atoms with Gasteiger partial charge in [0.2, 0.25) is 0 Å². The Morgan fingerprint density at radius 2 is 1.95 bits per heavy atom. The van der Waals surface area contributed by atoms with Crippen molar-refractivity contribution < 1.29 is 14.7 Å².